The van der Waals surface area contributed by atoms with Gasteiger partial charge in [-0.05, 0) is 26.3 Å². The summed E-state index contributed by atoms with van der Waals surface area (Å²) in [5, 5.41) is 1.57. The summed E-state index contributed by atoms with van der Waals surface area (Å²) in [4.78, 5) is 19.2. The van der Waals surface area contributed by atoms with Gasteiger partial charge in [-0.25, -0.2) is 4.98 Å². The van der Waals surface area contributed by atoms with Crippen LogP contribution < -0.4 is 5.56 Å². The van der Waals surface area contributed by atoms with Crippen molar-refractivity contribution >= 4 is 33.3 Å². The lowest BCUT2D eigenvalue weighted by atomic mass is 10.2. The van der Waals surface area contributed by atoms with Crippen LogP contribution in [0.15, 0.2) is 9.95 Å². The summed E-state index contributed by atoms with van der Waals surface area (Å²) in [6.07, 6.45) is 0. The minimum absolute atomic E-state index is 0.0780. The van der Waals surface area contributed by atoms with Crippen LogP contribution in [0.2, 0.25) is 0 Å². The molecule has 0 aliphatic heterocycles. The lowest BCUT2D eigenvalue weighted by Gasteiger charge is -2.09. The molecule has 0 N–H and O–H groups in total. The lowest BCUT2D eigenvalue weighted by Crippen LogP contribution is -2.22. The first-order valence-electron chi connectivity index (χ1n) is 6.22. The van der Waals surface area contributed by atoms with E-state index in [0.717, 1.165) is 26.7 Å². The zero-order chi connectivity index (χ0) is 14.0. The molecule has 0 radical (unpaired) electrons. The Kier molecular flexibility index (Phi) is 4.65. The zero-order valence-electron chi connectivity index (χ0n) is 11.6. The molecule has 2 aromatic rings. The minimum atomic E-state index is 0.0780. The van der Waals surface area contributed by atoms with Gasteiger partial charge in [0.05, 0.1) is 12.0 Å². The van der Waals surface area contributed by atoms with E-state index in [1.165, 1.54) is 4.88 Å². The molecule has 0 spiro atoms. The largest absolute Gasteiger partial charge is 0.384 e. The number of thioether (sulfide) groups is 1. The van der Waals surface area contributed by atoms with Gasteiger partial charge in [-0.15, -0.1) is 11.3 Å². The second-order valence-electron chi connectivity index (χ2n) is 4.25. The van der Waals surface area contributed by atoms with E-state index < -0.39 is 0 Å². The third kappa shape index (κ3) is 2.70. The Bertz CT molecular complexity index is 646. The number of thiophene rings is 1. The summed E-state index contributed by atoms with van der Waals surface area (Å²) in [6.45, 7) is 7.31. The fraction of sp³-hybridized carbons (Fsp3) is 0.538. The molecule has 0 fully saturated rings. The van der Waals surface area contributed by atoms with E-state index in [1.54, 1.807) is 34.8 Å². The van der Waals surface area contributed by atoms with Gasteiger partial charge in [0.2, 0.25) is 0 Å². The monoisotopic (exact) mass is 298 g/mol. The van der Waals surface area contributed by atoms with Crippen molar-refractivity contribution in [2.45, 2.75) is 32.5 Å². The Hall–Kier alpha value is -0.850. The number of nitrogens with zero attached hydrogens (tertiary/aromatic N) is 2. The fourth-order valence-corrected chi connectivity index (χ4v) is 3.95. The molecule has 2 aromatic heterocycles. The van der Waals surface area contributed by atoms with Crippen LogP contribution in [-0.4, -0.2) is 29.0 Å². The highest BCUT2D eigenvalue weighted by Gasteiger charge is 2.15. The van der Waals surface area contributed by atoms with Crippen LogP contribution in [-0.2, 0) is 11.3 Å². The van der Waals surface area contributed by atoms with Crippen LogP contribution in [0.4, 0.5) is 0 Å². The van der Waals surface area contributed by atoms with Gasteiger partial charge in [0.1, 0.15) is 4.83 Å². The van der Waals surface area contributed by atoms with Gasteiger partial charge >= 0.3 is 0 Å². The molecule has 0 aliphatic rings. The van der Waals surface area contributed by atoms with Crippen LogP contribution in [0.5, 0.6) is 0 Å². The van der Waals surface area contributed by atoms with Crippen molar-refractivity contribution in [2.24, 2.45) is 0 Å². The van der Waals surface area contributed by atoms with Crippen LogP contribution in [0, 0.1) is 13.8 Å². The number of aryl methyl sites for hydroxylation is 2. The maximum atomic E-state index is 12.5. The van der Waals surface area contributed by atoms with Crippen molar-refractivity contribution in [2.75, 3.05) is 19.5 Å². The molecule has 4 nitrogen and oxygen atoms in total. The highest BCUT2D eigenvalue weighted by Crippen LogP contribution is 2.28. The van der Waals surface area contributed by atoms with E-state index in [2.05, 4.69) is 4.98 Å². The highest BCUT2D eigenvalue weighted by atomic mass is 32.2. The molecule has 19 heavy (non-hydrogen) atoms. The van der Waals surface area contributed by atoms with Crippen molar-refractivity contribution in [1.82, 2.24) is 9.55 Å². The molecule has 6 heteroatoms. The predicted octanol–water partition coefficient (Wildman–Crippen LogP) is 2.83. The van der Waals surface area contributed by atoms with Crippen LogP contribution in [0.25, 0.3) is 10.2 Å². The Balaban J connectivity index is 2.55. The van der Waals surface area contributed by atoms with Crippen LogP contribution in [0.3, 0.4) is 0 Å². The van der Waals surface area contributed by atoms with E-state index in [9.17, 15) is 4.79 Å². The summed E-state index contributed by atoms with van der Waals surface area (Å²) in [5.41, 5.74) is 1.14. The average Bonchev–Trinajstić information content (AvgIpc) is 2.66. The van der Waals surface area contributed by atoms with Gasteiger partial charge in [0.15, 0.2) is 5.16 Å². The number of hydrogen-bond acceptors (Lipinski definition) is 5. The number of hydrogen-bond donors (Lipinski definition) is 0. The second kappa shape index (κ2) is 6.07. The first-order valence-corrected chi connectivity index (χ1v) is 8.02. The molecule has 2 rings (SSSR count). The molecule has 0 bridgehead atoms. The van der Waals surface area contributed by atoms with Gasteiger partial charge in [0.25, 0.3) is 5.56 Å². The third-order valence-electron chi connectivity index (χ3n) is 3.09. The lowest BCUT2D eigenvalue weighted by molar-refractivity contribution is 0.218. The topological polar surface area (TPSA) is 44.1 Å². The summed E-state index contributed by atoms with van der Waals surface area (Å²) < 4.78 is 6.80. The number of rotatable bonds is 5. The van der Waals surface area contributed by atoms with Crippen LogP contribution >= 0.6 is 23.1 Å². The van der Waals surface area contributed by atoms with Crippen molar-refractivity contribution in [3.63, 3.8) is 0 Å². The molecule has 0 amide bonds. The molecular weight excluding hydrogens is 280 g/mol. The molecule has 0 saturated heterocycles. The van der Waals surface area contributed by atoms with Gasteiger partial charge in [0, 0.05) is 24.3 Å². The first-order chi connectivity index (χ1) is 9.10. The van der Waals surface area contributed by atoms with Gasteiger partial charge in [-0.2, -0.15) is 0 Å². The van der Waals surface area contributed by atoms with Gasteiger partial charge in [-0.1, -0.05) is 11.8 Å². The Labute approximate surface area is 120 Å². The molecular formula is C13H18N2O2S2. The van der Waals surface area contributed by atoms with Crippen LogP contribution in [0.1, 0.15) is 17.4 Å². The van der Waals surface area contributed by atoms with Crippen molar-refractivity contribution in [3.05, 3.63) is 20.8 Å². The zero-order valence-corrected chi connectivity index (χ0v) is 13.3. The Morgan fingerprint density at radius 3 is 2.79 bits per heavy atom. The van der Waals surface area contributed by atoms with E-state index in [-0.39, 0.29) is 5.56 Å². The molecule has 0 atom stereocenters. The normalized spacial score (nSPS) is 11.4. The molecule has 0 aliphatic carbocycles. The summed E-state index contributed by atoms with van der Waals surface area (Å²) >= 11 is 3.17. The standard InChI is InChI=1S/C13H18N2O2S2/c1-5-15-12(16)10-8(2)9(3)19-11(10)14-13(15)18-7-6-17-4/h5-7H2,1-4H3. The maximum absolute atomic E-state index is 12.5. The second-order valence-corrected chi connectivity index (χ2v) is 6.51. The quantitative estimate of drug-likeness (QED) is 0.484. The average molecular weight is 298 g/mol. The van der Waals surface area contributed by atoms with E-state index in [4.69, 9.17) is 4.74 Å². The number of aromatic nitrogens is 2. The molecule has 0 aromatic carbocycles. The van der Waals surface area contributed by atoms with E-state index in [0.29, 0.717) is 13.2 Å². The van der Waals surface area contributed by atoms with Crippen molar-refractivity contribution < 1.29 is 4.74 Å². The highest BCUT2D eigenvalue weighted by molar-refractivity contribution is 7.99. The summed E-state index contributed by atoms with van der Waals surface area (Å²) in [5.74, 6) is 0.803. The Morgan fingerprint density at radius 2 is 2.16 bits per heavy atom. The number of methoxy groups -OCH3 is 1. The smallest absolute Gasteiger partial charge is 0.263 e. The molecule has 104 valence electrons. The first kappa shape index (κ1) is 14.6. The fourth-order valence-electron chi connectivity index (χ4n) is 1.91. The van der Waals surface area contributed by atoms with Gasteiger partial charge in [-0.3, -0.25) is 9.36 Å². The van der Waals surface area contributed by atoms with Crippen molar-refractivity contribution in [3.8, 4) is 0 Å². The summed E-state index contributed by atoms with van der Waals surface area (Å²) in [6, 6.07) is 0. The molecule has 0 saturated carbocycles. The maximum Gasteiger partial charge on any atom is 0.263 e. The van der Waals surface area contributed by atoms with E-state index >= 15 is 0 Å². The number of ether oxygens (including phenoxy) is 1. The number of fused-ring (bicyclic) bond motifs is 1. The Morgan fingerprint density at radius 1 is 1.42 bits per heavy atom. The summed E-state index contributed by atoms with van der Waals surface area (Å²) in [7, 11) is 1.68. The van der Waals surface area contributed by atoms with E-state index in [1.807, 2.05) is 20.8 Å². The third-order valence-corrected chi connectivity index (χ3v) is 5.13. The predicted molar refractivity (Wildman–Crippen MR) is 81.6 cm³/mol. The van der Waals surface area contributed by atoms with Crippen molar-refractivity contribution in [1.29, 1.82) is 0 Å². The minimum Gasteiger partial charge on any atom is -0.384 e. The molecule has 2 heterocycles. The SMILES string of the molecule is CCn1c(SCCOC)nc2sc(C)c(C)c2c1=O. The molecule has 0 unspecified atom stereocenters. The van der Waals surface area contributed by atoms with Gasteiger partial charge < -0.3 is 4.74 Å².